The zero-order valence-corrected chi connectivity index (χ0v) is 13.0. The number of thiophene rings is 1. The lowest BCUT2D eigenvalue weighted by atomic mass is 10.2. The zero-order valence-electron chi connectivity index (χ0n) is 11.4. The third kappa shape index (κ3) is 4.13. The molecule has 2 aromatic rings. The highest BCUT2D eigenvalue weighted by Crippen LogP contribution is 2.14. The van der Waals surface area contributed by atoms with E-state index in [-0.39, 0.29) is 23.6 Å². The minimum atomic E-state index is -3.66. The molecule has 112 valence electrons. The van der Waals surface area contributed by atoms with E-state index in [0.717, 1.165) is 4.88 Å². The van der Waals surface area contributed by atoms with Crippen molar-refractivity contribution in [3.63, 3.8) is 0 Å². The summed E-state index contributed by atoms with van der Waals surface area (Å²) in [4.78, 5) is 12.6. The fraction of sp³-hybridized carbons (Fsp3) is 0.214. The van der Waals surface area contributed by atoms with Crippen molar-refractivity contribution in [2.45, 2.75) is 18.4 Å². The number of hydrogen-bond donors (Lipinski definition) is 1. The van der Waals surface area contributed by atoms with Gasteiger partial charge in [-0.05, 0) is 36.6 Å². The lowest BCUT2D eigenvalue weighted by Gasteiger charge is -2.07. The Morgan fingerprint density at radius 2 is 2.10 bits per heavy atom. The molecular formula is C14H15NO4S2. The first-order chi connectivity index (χ1) is 10.0. The summed E-state index contributed by atoms with van der Waals surface area (Å²) >= 11 is 1.47. The topological polar surface area (TPSA) is 72.5 Å². The minimum Gasteiger partial charge on any atom is -0.462 e. The maximum Gasteiger partial charge on any atom is 0.338 e. The highest BCUT2D eigenvalue weighted by Gasteiger charge is 2.16. The number of carbonyl (C=O) groups is 1. The van der Waals surface area contributed by atoms with Crippen molar-refractivity contribution >= 4 is 27.3 Å². The Kier molecular flexibility index (Phi) is 5.11. The fourth-order valence-corrected chi connectivity index (χ4v) is 3.46. The second kappa shape index (κ2) is 6.84. The molecule has 0 aliphatic rings. The summed E-state index contributed by atoms with van der Waals surface area (Å²) in [5, 5.41) is 1.88. The van der Waals surface area contributed by atoms with Gasteiger partial charge in [-0.25, -0.2) is 17.9 Å². The van der Waals surface area contributed by atoms with Gasteiger partial charge in [0.1, 0.15) is 0 Å². The minimum absolute atomic E-state index is 0.0459. The van der Waals surface area contributed by atoms with Crippen LogP contribution in [0.25, 0.3) is 0 Å². The normalized spacial score (nSPS) is 11.3. The van der Waals surface area contributed by atoms with E-state index < -0.39 is 16.0 Å². The van der Waals surface area contributed by atoms with E-state index in [0.29, 0.717) is 0 Å². The zero-order chi connectivity index (χ0) is 15.3. The number of nitrogens with one attached hydrogen (secondary N) is 1. The number of hydrogen-bond acceptors (Lipinski definition) is 5. The van der Waals surface area contributed by atoms with Gasteiger partial charge < -0.3 is 4.74 Å². The van der Waals surface area contributed by atoms with Crippen LogP contribution in [0.15, 0.2) is 46.7 Å². The SMILES string of the molecule is CCOC(=O)c1cccc(S(=O)(=O)NCc2cccs2)c1. The first kappa shape index (κ1) is 15.7. The summed E-state index contributed by atoms with van der Waals surface area (Å²) in [6.45, 7) is 2.16. The molecular weight excluding hydrogens is 310 g/mol. The predicted molar refractivity (Wildman–Crippen MR) is 80.7 cm³/mol. The highest BCUT2D eigenvalue weighted by atomic mass is 32.2. The number of esters is 1. The van der Waals surface area contributed by atoms with Crippen LogP contribution in [0.1, 0.15) is 22.2 Å². The molecule has 5 nitrogen and oxygen atoms in total. The van der Waals surface area contributed by atoms with Gasteiger partial charge in [-0.2, -0.15) is 0 Å². The Morgan fingerprint density at radius 1 is 1.29 bits per heavy atom. The molecule has 0 atom stereocenters. The monoisotopic (exact) mass is 325 g/mol. The second-order valence-electron chi connectivity index (χ2n) is 4.15. The third-order valence-corrected chi connectivity index (χ3v) is 4.95. The highest BCUT2D eigenvalue weighted by molar-refractivity contribution is 7.89. The average molecular weight is 325 g/mol. The van der Waals surface area contributed by atoms with E-state index >= 15 is 0 Å². The Bertz CT molecular complexity index is 708. The molecule has 7 heteroatoms. The van der Waals surface area contributed by atoms with Crippen LogP contribution in [-0.4, -0.2) is 21.0 Å². The molecule has 0 unspecified atom stereocenters. The van der Waals surface area contributed by atoms with E-state index in [1.165, 1.54) is 35.6 Å². The number of benzene rings is 1. The van der Waals surface area contributed by atoms with Crippen LogP contribution in [0.3, 0.4) is 0 Å². The largest absolute Gasteiger partial charge is 0.462 e. The quantitative estimate of drug-likeness (QED) is 0.828. The Morgan fingerprint density at radius 3 is 2.76 bits per heavy atom. The Hall–Kier alpha value is -1.70. The van der Waals surface area contributed by atoms with Gasteiger partial charge in [-0.3, -0.25) is 0 Å². The maximum absolute atomic E-state index is 12.2. The molecule has 0 saturated heterocycles. The maximum atomic E-state index is 12.2. The summed E-state index contributed by atoms with van der Waals surface area (Å²) in [6.07, 6.45) is 0. The smallest absolute Gasteiger partial charge is 0.338 e. The number of sulfonamides is 1. The van der Waals surface area contributed by atoms with Crippen molar-refractivity contribution in [2.24, 2.45) is 0 Å². The van der Waals surface area contributed by atoms with Gasteiger partial charge >= 0.3 is 5.97 Å². The van der Waals surface area contributed by atoms with Crippen LogP contribution in [0.2, 0.25) is 0 Å². The van der Waals surface area contributed by atoms with Gasteiger partial charge in [0, 0.05) is 11.4 Å². The van der Waals surface area contributed by atoms with Crippen molar-refractivity contribution in [1.29, 1.82) is 0 Å². The van der Waals surface area contributed by atoms with Crippen LogP contribution in [-0.2, 0) is 21.3 Å². The van der Waals surface area contributed by atoms with Gasteiger partial charge in [0.25, 0.3) is 0 Å². The first-order valence-electron chi connectivity index (χ1n) is 6.32. The lowest BCUT2D eigenvalue weighted by molar-refractivity contribution is 0.0526. The molecule has 0 aliphatic carbocycles. The van der Waals surface area contributed by atoms with E-state index in [2.05, 4.69) is 4.72 Å². The van der Waals surface area contributed by atoms with Gasteiger partial charge in [0.05, 0.1) is 17.1 Å². The van der Waals surface area contributed by atoms with Crippen molar-refractivity contribution in [2.75, 3.05) is 6.61 Å². The van der Waals surface area contributed by atoms with Crippen LogP contribution in [0.5, 0.6) is 0 Å². The Labute approximate surface area is 127 Å². The van der Waals surface area contributed by atoms with Gasteiger partial charge in [0.15, 0.2) is 0 Å². The number of carbonyl (C=O) groups excluding carboxylic acids is 1. The van der Waals surface area contributed by atoms with Crippen molar-refractivity contribution in [3.8, 4) is 0 Å². The molecule has 1 aromatic carbocycles. The predicted octanol–water partition coefficient (Wildman–Crippen LogP) is 2.40. The van der Waals surface area contributed by atoms with Crippen LogP contribution < -0.4 is 4.72 Å². The van der Waals surface area contributed by atoms with Crippen LogP contribution in [0.4, 0.5) is 0 Å². The van der Waals surface area contributed by atoms with Crippen LogP contribution >= 0.6 is 11.3 Å². The molecule has 0 bridgehead atoms. The van der Waals surface area contributed by atoms with Gasteiger partial charge in [0.2, 0.25) is 10.0 Å². The Balaban J connectivity index is 2.16. The van der Waals surface area contributed by atoms with Gasteiger partial charge in [-0.1, -0.05) is 12.1 Å². The van der Waals surface area contributed by atoms with E-state index in [1.54, 1.807) is 6.92 Å². The van der Waals surface area contributed by atoms with Crippen molar-refractivity contribution < 1.29 is 17.9 Å². The molecule has 0 radical (unpaired) electrons. The molecule has 0 saturated carbocycles. The molecule has 21 heavy (non-hydrogen) atoms. The average Bonchev–Trinajstić information content (AvgIpc) is 2.99. The number of rotatable bonds is 6. The third-order valence-electron chi connectivity index (χ3n) is 2.67. The standard InChI is InChI=1S/C14H15NO4S2/c1-2-19-14(16)11-5-3-7-13(9-11)21(17,18)15-10-12-6-4-8-20-12/h3-9,15H,2,10H2,1H3. The van der Waals surface area contributed by atoms with E-state index in [9.17, 15) is 13.2 Å². The number of ether oxygens (including phenoxy) is 1. The molecule has 0 fully saturated rings. The molecule has 0 spiro atoms. The van der Waals surface area contributed by atoms with E-state index in [1.807, 2.05) is 17.5 Å². The summed E-state index contributed by atoms with van der Waals surface area (Å²) in [7, 11) is -3.66. The molecule has 1 aromatic heterocycles. The van der Waals surface area contributed by atoms with Crippen LogP contribution in [0, 0.1) is 0 Å². The van der Waals surface area contributed by atoms with E-state index in [4.69, 9.17) is 4.74 Å². The summed E-state index contributed by atoms with van der Waals surface area (Å²) < 4.78 is 31.8. The molecule has 1 N–H and O–H groups in total. The molecule has 0 amide bonds. The lowest BCUT2D eigenvalue weighted by Crippen LogP contribution is -2.23. The summed E-state index contributed by atoms with van der Waals surface area (Å²) in [5.74, 6) is -0.534. The van der Waals surface area contributed by atoms with Gasteiger partial charge in [-0.15, -0.1) is 11.3 Å². The van der Waals surface area contributed by atoms with Crippen molar-refractivity contribution in [3.05, 3.63) is 52.2 Å². The summed E-state index contributed by atoms with van der Waals surface area (Å²) in [6, 6.07) is 9.51. The molecule has 0 aliphatic heterocycles. The fourth-order valence-electron chi connectivity index (χ4n) is 1.67. The summed E-state index contributed by atoms with van der Waals surface area (Å²) in [5.41, 5.74) is 0.218. The molecule has 1 heterocycles. The first-order valence-corrected chi connectivity index (χ1v) is 8.68. The second-order valence-corrected chi connectivity index (χ2v) is 6.95. The van der Waals surface area contributed by atoms with Crippen molar-refractivity contribution in [1.82, 2.24) is 4.72 Å². The molecule has 2 rings (SSSR count).